The summed E-state index contributed by atoms with van der Waals surface area (Å²) in [5, 5.41) is 3.28. The molecule has 0 aliphatic heterocycles. The summed E-state index contributed by atoms with van der Waals surface area (Å²) in [7, 11) is -3.91. The van der Waals surface area contributed by atoms with Crippen molar-refractivity contribution in [2.75, 3.05) is 17.1 Å². The van der Waals surface area contributed by atoms with E-state index in [1.165, 1.54) is 23.1 Å². The number of hydrogen-bond acceptors (Lipinski definition) is 4. The van der Waals surface area contributed by atoms with Crippen molar-refractivity contribution in [3.8, 4) is 0 Å². The molecule has 0 aliphatic carbocycles. The number of amides is 2. The SMILES string of the molecule is CC(C)NC(=O)[C@@H](C)N(Cc1ccc(Cl)cc1)C(=O)CN(c1cccc(F)c1)S(C)(=O)=O. The Kier molecular flexibility index (Phi) is 8.63. The van der Waals surface area contributed by atoms with Crippen molar-refractivity contribution in [1.29, 1.82) is 0 Å². The number of rotatable bonds is 9. The summed E-state index contributed by atoms with van der Waals surface area (Å²) in [6, 6.07) is 10.7. The molecule has 2 rings (SSSR count). The van der Waals surface area contributed by atoms with Crippen LogP contribution in [0, 0.1) is 5.82 Å². The number of nitrogens with one attached hydrogen (secondary N) is 1. The van der Waals surface area contributed by atoms with Gasteiger partial charge in [0.15, 0.2) is 0 Å². The third kappa shape index (κ3) is 7.20. The molecule has 7 nitrogen and oxygen atoms in total. The highest BCUT2D eigenvalue weighted by Gasteiger charge is 2.30. The van der Waals surface area contributed by atoms with Gasteiger partial charge in [-0.25, -0.2) is 12.8 Å². The largest absolute Gasteiger partial charge is 0.352 e. The van der Waals surface area contributed by atoms with Crippen molar-refractivity contribution in [3.05, 3.63) is 64.9 Å². The molecule has 0 aliphatic rings. The Morgan fingerprint density at radius 3 is 2.25 bits per heavy atom. The highest BCUT2D eigenvalue weighted by Crippen LogP contribution is 2.20. The predicted octanol–water partition coefficient (Wildman–Crippen LogP) is 3.19. The molecule has 10 heteroatoms. The molecule has 0 bridgehead atoms. The van der Waals surface area contributed by atoms with Gasteiger partial charge in [-0.15, -0.1) is 0 Å². The van der Waals surface area contributed by atoms with Gasteiger partial charge in [0.25, 0.3) is 0 Å². The number of carbonyl (C=O) groups is 2. The number of hydrogen-bond donors (Lipinski definition) is 1. The molecular weight excluding hydrogens is 457 g/mol. The Balaban J connectivity index is 2.38. The van der Waals surface area contributed by atoms with Crippen LogP contribution in [-0.2, 0) is 26.2 Å². The molecule has 0 saturated carbocycles. The van der Waals surface area contributed by atoms with E-state index in [0.29, 0.717) is 10.6 Å². The zero-order chi connectivity index (χ0) is 24.1. The molecule has 32 heavy (non-hydrogen) atoms. The third-order valence-corrected chi connectivity index (χ3v) is 6.03. The van der Waals surface area contributed by atoms with E-state index in [1.807, 2.05) is 0 Å². The Bertz CT molecular complexity index is 1060. The first-order chi connectivity index (χ1) is 14.9. The van der Waals surface area contributed by atoms with Crippen molar-refractivity contribution in [3.63, 3.8) is 0 Å². The van der Waals surface area contributed by atoms with Gasteiger partial charge in [0.1, 0.15) is 18.4 Å². The molecule has 1 atom stereocenters. The summed E-state index contributed by atoms with van der Waals surface area (Å²) in [5.41, 5.74) is 0.732. The minimum absolute atomic E-state index is 0.0200. The number of sulfonamides is 1. The minimum Gasteiger partial charge on any atom is -0.352 e. The molecule has 174 valence electrons. The van der Waals surface area contributed by atoms with Crippen LogP contribution < -0.4 is 9.62 Å². The van der Waals surface area contributed by atoms with Gasteiger partial charge in [0.05, 0.1) is 11.9 Å². The first-order valence-electron chi connectivity index (χ1n) is 9.96. The number of benzene rings is 2. The smallest absolute Gasteiger partial charge is 0.244 e. The Hall–Kier alpha value is -2.65. The van der Waals surface area contributed by atoms with Crippen LogP contribution in [0.4, 0.5) is 10.1 Å². The van der Waals surface area contributed by atoms with Crippen LogP contribution in [0.25, 0.3) is 0 Å². The topological polar surface area (TPSA) is 86.8 Å². The Morgan fingerprint density at radius 2 is 1.72 bits per heavy atom. The summed E-state index contributed by atoms with van der Waals surface area (Å²) < 4.78 is 39.3. The maximum atomic E-state index is 13.7. The molecule has 2 amide bonds. The van der Waals surface area contributed by atoms with E-state index >= 15 is 0 Å². The number of carbonyl (C=O) groups excluding carboxylic acids is 2. The van der Waals surface area contributed by atoms with Crippen LogP contribution in [-0.4, -0.2) is 50.0 Å². The molecule has 0 saturated heterocycles. The van der Waals surface area contributed by atoms with E-state index in [0.717, 1.165) is 16.6 Å². The van der Waals surface area contributed by atoms with Crippen LogP contribution >= 0.6 is 11.6 Å². The summed E-state index contributed by atoms with van der Waals surface area (Å²) in [5.74, 6) is -1.62. The van der Waals surface area contributed by atoms with Crippen molar-refractivity contribution in [2.24, 2.45) is 0 Å². The second-order valence-corrected chi connectivity index (χ2v) is 10.1. The molecule has 1 N–H and O–H groups in total. The van der Waals surface area contributed by atoms with Gasteiger partial charge in [0.2, 0.25) is 21.8 Å². The van der Waals surface area contributed by atoms with Gasteiger partial charge in [0, 0.05) is 17.6 Å². The van der Waals surface area contributed by atoms with E-state index in [-0.39, 0.29) is 24.2 Å². The summed E-state index contributed by atoms with van der Waals surface area (Å²) in [6.45, 7) is 4.63. The van der Waals surface area contributed by atoms with Crippen LogP contribution in [0.15, 0.2) is 48.5 Å². The molecule has 0 unspecified atom stereocenters. The minimum atomic E-state index is -3.91. The number of halogens is 2. The molecule has 0 heterocycles. The van der Waals surface area contributed by atoms with Crippen LogP contribution in [0.2, 0.25) is 5.02 Å². The lowest BCUT2D eigenvalue weighted by Gasteiger charge is -2.31. The number of nitrogens with zero attached hydrogens (tertiary/aromatic N) is 2. The molecule has 0 fully saturated rings. The molecular formula is C22H27ClFN3O4S. The Morgan fingerprint density at radius 1 is 1.09 bits per heavy atom. The van der Waals surface area contributed by atoms with Crippen molar-refractivity contribution in [1.82, 2.24) is 10.2 Å². The second-order valence-electron chi connectivity index (χ2n) is 7.74. The zero-order valence-corrected chi connectivity index (χ0v) is 20.0. The van der Waals surface area contributed by atoms with Gasteiger partial charge in [-0.2, -0.15) is 0 Å². The highest BCUT2D eigenvalue weighted by atomic mass is 35.5. The fourth-order valence-corrected chi connectivity index (χ4v) is 3.99. The Labute approximate surface area is 193 Å². The highest BCUT2D eigenvalue weighted by molar-refractivity contribution is 7.92. The van der Waals surface area contributed by atoms with E-state index in [2.05, 4.69) is 5.32 Å². The molecule has 2 aromatic carbocycles. The number of anilines is 1. The lowest BCUT2D eigenvalue weighted by Crippen LogP contribution is -2.52. The van der Waals surface area contributed by atoms with E-state index < -0.39 is 34.3 Å². The first-order valence-corrected chi connectivity index (χ1v) is 12.2. The van der Waals surface area contributed by atoms with Gasteiger partial charge in [-0.1, -0.05) is 29.8 Å². The van der Waals surface area contributed by atoms with Crippen molar-refractivity contribution >= 4 is 39.1 Å². The second kappa shape index (κ2) is 10.8. The van der Waals surface area contributed by atoms with Crippen LogP contribution in [0.5, 0.6) is 0 Å². The predicted molar refractivity (Wildman–Crippen MR) is 123 cm³/mol. The van der Waals surface area contributed by atoms with Crippen molar-refractivity contribution in [2.45, 2.75) is 39.4 Å². The summed E-state index contributed by atoms with van der Waals surface area (Å²) in [4.78, 5) is 27.2. The fourth-order valence-electron chi connectivity index (χ4n) is 3.02. The van der Waals surface area contributed by atoms with Gasteiger partial charge < -0.3 is 10.2 Å². The first kappa shape index (κ1) is 25.6. The average Bonchev–Trinajstić information content (AvgIpc) is 2.69. The van der Waals surface area contributed by atoms with Gasteiger partial charge in [-0.3, -0.25) is 13.9 Å². The summed E-state index contributed by atoms with van der Waals surface area (Å²) >= 11 is 5.93. The molecule has 0 aromatic heterocycles. The van der Waals surface area contributed by atoms with E-state index in [4.69, 9.17) is 11.6 Å². The zero-order valence-electron chi connectivity index (χ0n) is 18.4. The normalized spacial score (nSPS) is 12.3. The lowest BCUT2D eigenvalue weighted by atomic mass is 10.1. The maximum absolute atomic E-state index is 13.7. The van der Waals surface area contributed by atoms with E-state index in [1.54, 1.807) is 45.0 Å². The average molecular weight is 484 g/mol. The fraction of sp³-hybridized carbons (Fsp3) is 0.364. The standard InChI is InChI=1S/C22H27ClFN3O4S/c1-15(2)25-22(29)16(3)26(13-17-8-10-18(23)11-9-17)21(28)14-27(32(4,30)31)20-7-5-6-19(24)12-20/h5-12,15-16H,13-14H2,1-4H3,(H,25,29)/t16-/m1/s1. The quantitative estimate of drug-likeness (QED) is 0.593. The van der Waals surface area contributed by atoms with Gasteiger partial charge in [-0.05, 0) is 56.7 Å². The monoisotopic (exact) mass is 483 g/mol. The molecule has 0 radical (unpaired) electrons. The van der Waals surface area contributed by atoms with Crippen LogP contribution in [0.1, 0.15) is 26.3 Å². The summed E-state index contributed by atoms with van der Waals surface area (Å²) in [6.07, 6.45) is 0.934. The van der Waals surface area contributed by atoms with Crippen molar-refractivity contribution < 1.29 is 22.4 Å². The van der Waals surface area contributed by atoms with Gasteiger partial charge >= 0.3 is 0 Å². The molecule has 0 spiro atoms. The lowest BCUT2D eigenvalue weighted by molar-refractivity contribution is -0.139. The third-order valence-electron chi connectivity index (χ3n) is 4.64. The molecule has 2 aromatic rings. The maximum Gasteiger partial charge on any atom is 0.244 e. The van der Waals surface area contributed by atoms with Crippen LogP contribution in [0.3, 0.4) is 0 Å². The van der Waals surface area contributed by atoms with E-state index in [9.17, 15) is 22.4 Å².